The Balaban J connectivity index is 1.36. The normalized spacial score (nSPS) is 28.1. The summed E-state index contributed by atoms with van der Waals surface area (Å²) in [5.74, 6) is 0.233. The molecule has 0 radical (unpaired) electrons. The van der Waals surface area contributed by atoms with E-state index in [1.54, 1.807) is 37.3 Å². The summed E-state index contributed by atoms with van der Waals surface area (Å²) in [4.78, 5) is 39.2. The van der Waals surface area contributed by atoms with E-state index in [0.29, 0.717) is 22.8 Å². The van der Waals surface area contributed by atoms with Crippen molar-refractivity contribution >= 4 is 29.2 Å². The van der Waals surface area contributed by atoms with Gasteiger partial charge in [-0.3, -0.25) is 19.3 Å². The van der Waals surface area contributed by atoms with E-state index < -0.39 is 0 Å². The molecule has 1 saturated heterocycles. The van der Waals surface area contributed by atoms with Crippen molar-refractivity contribution in [3.05, 3.63) is 53.8 Å². The topological polar surface area (TPSA) is 92.5 Å². The summed E-state index contributed by atoms with van der Waals surface area (Å²) in [5, 5.41) is 6.36. The predicted octanol–water partition coefficient (Wildman–Crippen LogP) is 2.55. The number of fused-ring (bicyclic) bond motifs is 5. The van der Waals surface area contributed by atoms with Crippen LogP contribution in [0.1, 0.15) is 22.5 Å². The minimum Gasteiger partial charge on any atom is -0.360 e. The quantitative estimate of drug-likeness (QED) is 0.668. The highest BCUT2D eigenvalue weighted by molar-refractivity contribution is 6.23. The van der Waals surface area contributed by atoms with E-state index in [1.807, 2.05) is 0 Å². The van der Waals surface area contributed by atoms with E-state index in [1.165, 1.54) is 4.90 Å². The van der Waals surface area contributed by atoms with Crippen molar-refractivity contribution in [1.82, 2.24) is 5.16 Å². The third-order valence-electron chi connectivity index (χ3n) is 5.73. The molecule has 27 heavy (non-hydrogen) atoms. The van der Waals surface area contributed by atoms with Gasteiger partial charge >= 0.3 is 0 Å². The molecule has 2 aliphatic carbocycles. The van der Waals surface area contributed by atoms with Gasteiger partial charge in [0.05, 0.1) is 17.5 Å². The second-order valence-electron chi connectivity index (χ2n) is 7.34. The van der Waals surface area contributed by atoms with Crippen LogP contribution in [-0.4, -0.2) is 22.9 Å². The van der Waals surface area contributed by atoms with Gasteiger partial charge in [-0.15, -0.1) is 0 Å². The van der Waals surface area contributed by atoms with Crippen molar-refractivity contribution in [3.8, 4) is 0 Å². The lowest BCUT2D eigenvalue weighted by atomic mass is 9.85. The first kappa shape index (κ1) is 16.0. The van der Waals surface area contributed by atoms with Crippen LogP contribution in [-0.2, 0) is 9.59 Å². The summed E-state index contributed by atoms with van der Waals surface area (Å²) in [7, 11) is 0. The maximum absolute atomic E-state index is 12.8. The summed E-state index contributed by atoms with van der Waals surface area (Å²) in [6.45, 7) is 1.73. The number of allylic oxidation sites excluding steroid dienone is 2. The summed E-state index contributed by atoms with van der Waals surface area (Å²) in [6, 6.07) is 8.08. The molecule has 7 heteroatoms. The van der Waals surface area contributed by atoms with Crippen LogP contribution in [0.2, 0.25) is 0 Å². The van der Waals surface area contributed by atoms with Gasteiger partial charge in [-0.1, -0.05) is 17.3 Å². The molecule has 1 N–H and O–H groups in total. The Kier molecular flexibility index (Phi) is 3.34. The molecule has 1 saturated carbocycles. The van der Waals surface area contributed by atoms with Gasteiger partial charge in [-0.05, 0) is 49.4 Å². The minimum absolute atomic E-state index is 0.128. The van der Waals surface area contributed by atoms with Crippen molar-refractivity contribution < 1.29 is 18.9 Å². The van der Waals surface area contributed by atoms with E-state index in [0.717, 1.165) is 6.42 Å². The Morgan fingerprint density at radius 2 is 1.74 bits per heavy atom. The van der Waals surface area contributed by atoms with Crippen LogP contribution in [0.15, 0.2) is 47.0 Å². The number of hydrogen-bond acceptors (Lipinski definition) is 5. The Hall–Kier alpha value is -3.22. The van der Waals surface area contributed by atoms with Crippen molar-refractivity contribution in [2.24, 2.45) is 23.7 Å². The molecule has 3 aliphatic rings. The van der Waals surface area contributed by atoms with Crippen LogP contribution in [0.3, 0.4) is 0 Å². The molecule has 2 bridgehead atoms. The van der Waals surface area contributed by atoms with Crippen molar-refractivity contribution in [3.63, 3.8) is 0 Å². The van der Waals surface area contributed by atoms with Gasteiger partial charge in [0.15, 0.2) is 5.82 Å². The van der Waals surface area contributed by atoms with Gasteiger partial charge in [0.1, 0.15) is 5.76 Å². The Labute approximate surface area is 155 Å². The zero-order valence-electron chi connectivity index (χ0n) is 14.6. The number of nitrogens with zero attached hydrogens (tertiary/aromatic N) is 2. The number of benzene rings is 1. The second-order valence-corrected chi connectivity index (χ2v) is 7.34. The minimum atomic E-state index is -0.340. The predicted molar refractivity (Wildman–Crippen MR) is 95.8 cm³/mol. The molecule has 5 rings (SSSR count). The van der Waals surface area contributed by atoms with Crippen molar-refractivity contribution in [2.75, 3.05) is 10.2 Å². The molecular weight excluding hydrogens is 346 g/mol. The first-order valence-corrected chi connectivity index (χ1v) is 8.94. The van der Waals surface area contributed by atoms with Crippen LogP contribution in [0.5, 0.6) is 0 Å². The first-order valence-electron chi connectivity index (χ1n) is 8.94. The first-order chi connectivity index (χ1) is 13.0. The third kappa shape index (κ3) is 2.34. The second kappa shape index (κ2) is 5.64. The Morgan fingerprint density at radius 3 is 2.30 bits per heavy atom. The number of imide groups is 1. The number of carbonyl (C=O) groups excluding carboxylic acids is 3. The number of rotatable bonds is 3. The summed E-state index contributed by atoms with van der Waals surface area (Å²) in [5.41, 5.74) is 0.910. The molecule has 2 heterocycles. The lowest BCUT2D eigenvalue weighted by Gasteiger charge is -2.17. The molecule has 2 fully saturated rings. The van der Waals surface area contributed by atoms with Gasteiger partial charge in [-0.2, -0.15) is 0 Å². The number of hydrogen-bond donors (Lipinski definition) is 1. The number of aromatic nitrogens is 1. The van der Waals surface area contributed by atoms with Crippen LogP contribution in [0.25, 0.3) is 0 Å². The van der Waals surface area contributed by atoms with Gasteiger partial charge in [0.25, 0.3) is 5.91 Å². The van der Waals surface area contributed by atoms with Gasteiger partial charge in [-0.25, -0.2) is 0 Å². The highest BCUT2D eigenvalue weighted by Gasteiger charge is 2.59. The Morgan fingerprint density at radius 1 is 1.11 bits per heavy atom. The number of amides is 3. The molecule has 136 valence electrons. The van der Waals surface area contributed by atoms with E-state index in [9.17, 15) is 14.4 Å². The maximum atomic E-state index is 12.8. The van der Waals surface area contributed by atoms with E-state index >= 15 is 0 Å². The molecule has 2 aromatic rings. The number of carbonyl (C=O) groups is 3. The zero-order chi connectivity index (χ0) is 18.7. The maximum Gasteiger partial charge on any atom is 0.256 e. The third-order valence-corrected chi connectivity index (χ3v) is 5.73. The van der Waals surface area contributed by atoms with Crippen LogP contribution < -0.4 is 10.2 Å². The molecule has 4 atom stereocenters. The Bertz CT molecular complexity index is 961. The highest BCUT2D eigenvalue weighted by atomic mass is 16.5. The van der Waals surface area contributed by atoms with Gasteiger partial charge in [0, 0.05) is 11.6 Å². The molecular formula is C20H17N3O4. The number of nitrogens with one attached hydrogen (secondary N) is 1. The fourth-order valence-corrected chi connectivity index (χ4v) is 4.53. The average molecular weight is 363 g/mol. The van der Waals surface area contributed by atoms with Crippen LogP contribution >= 0.6 is 0 Å². The van der Waals surface area contributed by atoms with Crippen LogP contribution in [0, 0.1) is 30.6 Å². The molecule has 3 amide bonds. The fourth-order valence-electron chi connectivity index (χ4n) is 4.53. The molecule has 1 aliphatic heterocycles. The molecule has 0 unspecified atom stereocenters. The van der Waals surface area contributed by atoms with Gasteiger partial charge < -0.3 is 9.84 Å². The lowest BCUT2D eigenvalue weighted by Crippen LogP contribution is -2.32. The van der Waals surface area contributed by atoms with Crippen molar-refractivity contribution in [2.45, 2.75) is 13.3 Å². The largest absolute Gasteiger partial charge is 0.360 e. The van der Waals surface area contributed by atoms with E-state index in [4.69, 9.17) is 4.52 Å². The highest BCUT2D eigenvalue weighted by Crippen LogP contribution is 2.53. The average Bonchev–Trinajstić information content (AvgIpc) is 3.41. The van der Waals surface area contributed by atoms with Crippen molar-refractivity contribution in [1.29, 1.82) is 0 Å². The molecule has 1 aromatic heterocycles. The smallest absolute Gasteiger partial charge is 0.256 e. The number of anilines is 2. The number of aryl methyl sites for hydroxylation is 1. The summed E-state index contributed by atoms with van der Waals surface area (Å²) in [6.07, 6.45) is 5.04. The summed E-state index contributed by atoms with van der Waals surface area (Å²) >= 11 is 0. The van der Waals surface area contributed by atoms with Crippen LogP contribution in [0.4, 0.5) is 11.5 Å². The molecule has 0 spiro atoms. The summed E-state index contributed by atoms with van der Waals surface area (Å²) < 4.78 is 4.92. The van der Waals surface area contributed by atoms with E-state index in [-0.39, 0.29) is 41.4 Å². The van der Waals surface area contributed by atoms with E-state index in [2.05, 4.69) is 22.6 Å². The fraction of sp³-hybridized carbons (Fsp3) is 0.300. The lowest BCUT2D eigenvalue weighted by molar-refractivity contribution is -0.123. The zero-order valence-corrected chi connectivity index (χ0v) is 14.6. The standard InChI is InChI=1S/C20H17N3O4/c1-10-8-15(22-27-10)21-18(24)11-4-6-14(7-5-11)23-19(25)16-12-2-3-13(9-12)17(16)20(23)26/h2-8,12-13,16-17H,9H2,1H3,(H,21,22,24)/t12-,13-,16+,17+/m1/s1. The monoisotopic (exact) mass is 363 g/mol. The SMILES string of the molecule is Cc1cc(NC(=O)c2ccc(N3C(=O)[C@@H]4[C@@H](C3=O)[C@@H]3C=C[C@@H]4C3)cc2)no1. The molecule has 1 aromatic carbocycles. The van der Waals surface area contributed by atoms with Gasteiger partial charge in [0.2, 0.25) is 11.8 Å². The molecule has 7 nitrogen and oxygen atoms in total.